The Labute approximate surface area is 154 Å². The number of aryl methyl sites for hydroxylation is 1. The molecule has 0 spiro atoms. The average molecular weight is 364 g/mol. The van der Waals surface area contributed by atoms with E-state index >= 15 is 0 Å². The van der Waals surface area contributed by atoms with Gasteiger partial charge in [0.25, 0.3) is 0 Å². The third-order valence-corrected chi connectivity index (χ3v) is 5.66. The molecule has 1 heterocycles. The zero-order valence-corrected chi connectivity index (χ0v) is 15.5. The number of piperazine rings is 1. The molecule has 6 heteroatoms. The Bertz CT molecular complexity index is 636. The molecule has 1 aromatic carbocycles. The highest BCUT2D eigenvalue weighted by Crippen LogP contribution is 2.26. The van der Waals surface area contributed by atoms with Crippen molar-refractivity contribution in [2.75, 3.05) is 31.5 Å². The number of hydrogen-bond acceptors (Lipinski definition) is 2. The van der Waals surface area contributed by atoms with Crippen molar-refractivity contribution in [1.29, 1.82) is 0 Å². The summed E-state index contributed by atoms with van der Waals surface area (Å²) >= 11 is 6.10. The van der Waals surface area contributed by atoms with Gasteiger partial charge in [-0.25, -0.2) is 4.79 Å². The van der Waals surface area contributed by atoms with E-state index in [1.54, 1.807) is 11.0 Å². The Balaban J connectivity index is 1.50. The lowest BCUT2D eigenvalue weighted by Gasteiger charge is -2.37. The summed E-state index contributed by atoms with van der Waals surface area (Å²) in [5, 5.41) is 3.53. The first-order valence-corrected chi connectivity index (χ1v) is 9.53. The van der Waals surface area contributed by atoms with Gasteiger partial charge in [0.2, 0.25) is 5.91 Å². The van der Waals surface area contributed by atoms with E-state index in [1.807, 2.05) is 24.0 Å². The summed E-state index contributed by atoms with van der Waals surface area (Å²) in [6.07, 6.45) is 5.62. The van der Waals surface area contributed by atoms with E-state index < -0.39 is 0 Å². The number of anilines is 1. The Hall–Kier alpha value is -1.75. The predicted octanol–water partition coefficient (Wildman–Crippen LogP) is 3.90. The summed E-state index contributed by atoms with van der Waals surface area (Å²) in [6.45, 7) is 4.32. The van der Waals surface area contributed by atoms with Gasteiger partial charge in [0.1, 0.15) is 0 Å². The van der Waals surface area contributed by atoms with Crippen LogP contribution in [0.1, 0.15) is 37.7 Å². The summed E-state index contributed by atoms with van der Waals surface area (Å²) in [5.74, 6) is 0.480. The molecule has 3 amide bonds. The van der Waals surface area contributed by atoms with Gasteiger partial charge in [0, 0.05) is 42.8 Å². The first-order chi connectivity index (χ1) is 12.0. The smallest absolute Gasteiger partial charge is 0.321 e. The van der Waals surface area contributed by atoms with E-state index in [9.17, 15) is 9.59 Å². The van der Waals surface area contributed by atoms with E-state index in [0.717, 1.165) is 31.2 Å². The van der Waals surface area contributed by atoms with Gasteiger partial charge >= 0.3 is 6.03 Å². The fourth-order valence-electron chi connectivity index (χ4n) is 3.61. The van der Waals surface area contributed by atoms with Gasteiger partial charge in [-0.1, -0.05) is 36.9 Å². The molecule has 0 atom stereocenters. The van der Waals surface area contributed by atoms with Crippen molar-refractivity contribution in [3.63, 3.8) is 0 Å². The Morgan fingerprint density at radius 3 is 2.32 bits per heavy atom. The van der Waals surface area contributed by atoms with E-state index in [0.29, 0.717) is 36.9 Å². The largest absolute Gasteiger partial charge is 0.339 e. The van der Waals surface area contributed by atoms with Gasteiger partial charge in [-0.3, -0.25) is 4.79 Å². The van der Waals surface area contributed by atoms with Crippen LogP contribution >= 0.6 is 11.6 Å². The van der Waals surface area contributed by atoms with Crippen molar-refractivity contribution in [1.82, 2.24) is 9.80 Å². The van der Waals surface area contributed by atoms with E-state index in [4.69, 9.17) is 11.6 Å². The minimum absolute atomic E-state index is 0.135. The second-order valence-electron chi connectivity index (χ2n) is 7.04. The molecular weight excluding hydrogens is 338 g/mol. The molecule has 136 valence electrons. The van der Waals surface area contributed by atoms with Gasteiger partial charge in [-0.15, -0.1) is 0 Å². The van der Waals surface area contributed by atoms with Gasteiger partial charge in [-0.05, 0) is 37.5 Å². The minimum atomic E-state index is -0.135. The van der Waals surface area contributed by atoms with E-state index in [1.165, 1.54) is 6.42 Å². The molecule has 1 aliphatic carbocycles. The second kappa shape index (κ2) is 8.09. The average Bonchev–Trinajstić information content (AvgIpc) is 2.65. The highest BCUT2D eigenvalue weighted by Gasteiger charge is 2.29. The molecule has 2 fully saturated rings. The standard InChI is InChI=1S/C19H26ClN3O2/c1-14-7-8-16(13-17(14)20)21-19(25)23-11-9-22(10-12-23)18(24)15-5-3-2-4-6-15/h7-8,13,15H,2-6,9-12H2,1H3,(H,21,25). The van der Waals surface area contributed by atoms with Crippen LogP contribution in [0, 0.1) is 12.8 Å². The number of rotatable bonds is 2. The van der Waals surface area contributed by atoms with Crippen LogP contribution < -0.4 is 5.32 Å². The van der Waals surface area contributed by atoms with Crippen LogP contribution in [-0.2, 0) is 4.79 Å². The molecule has 1 saturated carbocycles. The van der Waals surface area contributed by atoms with Gasteiger partial charge in [0.05, 0.1) is 0 Å². The quantitative estimate of drug-likeness (QED) is 0.866. The van der Waals surface area contributed by atoms with Crippen molar-refractivity contribution >= 4 is 29.2 Å². The second-order valence-corrected chi connectivity index (χ2v) is 7.45. The highest BCUT2D eigenvalue weighted by atomic mass is 35.5. The van der Waals surface area contributed by atoms with Crippen molar-refractivity contribution in [3.05, 3.63) is 28.8 Å². The Morgan fingerprint density at radius 1 is 1.04 bits per heavy atom. The molecule has 2 aliphatic rings. The molecule has 0 aromatic heterocycles. The van der Waals surface area contributed by atoms with Gasteiger partial charge < -0.3 is 15.1 Å². The van der Waals surface area contributed by atoms with Crippen molar-refractivity contribution in [2.24, 2.45) is 5.92 Å². The molecule has 1 N–H and O–H groups in total. The maximum atomic E-state index is 12.6. The monoisotopic (exact) mass is 363 g/mol. The summed E-state index contributed by atoms with van der Waals surface area (Å²) in [4.78, 5) is 28.7. The SMILES string of the molecule is Cc1ccc(NC(=O)N2CCN(C(=O)C3CCCCC3)CC2)cc1Cl. The topological polar surface area (TPSA) is 52.7 Å². The number of halogens is 1. The number of benzene rings is 1. The molecule has 5 nitrogen and oxygen atoms in total. The molecule has 1 aliphatic heterocycles. The van der Waals surface area contributed by atoms with Crippen LogP contribution in [0.2, 0.25) is 5.02 Å². The fourth-order valence-corrected chi connectivity index (χ4v) is 3.79. The first-order valence-electron chi connectivity index (χ1n) is 9.15. The van der Waals surface area contributed by atoms with Crippen molar-refractivity contribution in [3.8, 4) is 0 Å². The summed E-state index contributed by atoms with van der Waals surface area (Å²) in [5.41, 5.74) is 1.68. The van der Waals surface area contributed by atoms with Crippen LogP contribution in [0.5, 0.6) is 0 Å². The molecular formula is C19H26ClN3O2. The first kappa shape index (κ1) is 18.1. The number of hydrogen-bond donors (Lipinski definition) is 1. The highest BCUT2D eigenvalue weighted by molar-refractivity contribution is 6.31. The zero-order valence-electron chi connectivity index (χ0n) is 14.8. The lowest BCUT2D eigenvalue weighted by Crippen LogP contribution is -2.53. The maximum absolute atomic E-state index is 12.6. The van der Waals surface area contributed by atoms with Crippen LogP contribution in [0.25, 0.3) is 0 Å². The number of carbonyl (C=O) groups is 2. The van der Waals surface area contributed by atoms with Crippen LogP contribution in [0.4, 0.5) is 10.5 Å². The van der Waals surface area contributed by atoms with E-state index in [2.05, 4.69) is 5.32 Å². The molecule has 1 aromatic rings. The third kappa shape index (κ3) is 4.46. The number of nitrogens with one attached hydrogen (secondary N) is 1. The number of urea groups is 1. The molecule has 0 unspecified atom stereocenters. The van der Waals surface area contributed by atoms with Crippen LogP contribution in [0.15, 0.2) is 18.2 Å². The lowest BCUT2D eigenvalue weighted by atomic mass is 9.88. The van der Waals surface area contributed by atoms with Gasteiger partial charge in [0.15, 0.2) is 0 Å². The number of nitrogens with zero attached hydrogens (tertiary/aromatic N) is 2. The van der Waals surface area contributed by atoms with Crippen molar-refractivity contribution in [2.45, 2.75) is 39.0 Å². The van der Waals surface area contributed by atoms with Gasteiger partial charge in [-0.2, -0.15) is 0 Å². The summed E-state index contributed by atoms with van der Waals surface area (Å²) in [7, 11) is 0. The molecule has 25 heavy (non-hydrogen) atoms. The fraction of sp³-hybridized carbons (Fsp3) is 0.579. The molecule has 0 bridgehead atoms. The van der Waals surface area contributed by atoms with Crippen molar-refractivity contribution < 1.29 is 9.59 Å². The summed E-state index contributed by atoms with van der Waals surface area (Å²) < 4.78 is 0. The lowest BCUT2D eigenvalue weighted by molar-refractivity contribution is -0.137. The third-order valence-electron chi connectivity index (χ3n) is 5.26. The number of carbonyl (C=O) groups excluding carboxylic acids is 2. The zero-order chi connectivity index (χ0) is 17.8. The van der Waals surface area contributed by atoms with Crippen LogP contribution in [0.3, 0.4) is 0 Å². The van der Waals surface area contributed by atoms with Crippen LogP contribution in [-0.4, -0.2) is 47.9 Å². The molecule has 3 rings (SSSR count). The Kier molecular flexibility index (Phi) is 5.84. The number of amides is 3. The Morgan fingerprint density at radius 2 is 1.68 bits per heavy atom. The van der Waals surface area contributed by atoms with E-state index in [-0.39, 0.29) is 17.9 Å². The minimum Gasteiger partial charge on any atom is -0.339 e. The summed E-state index contributed by atoms with van der Waals surface area (Å²) in [6, 6.07) is 5.36. The predicted molar refractivity (Wildman–Crippen MR) is 99.9 cm³/mol. The normalized spacial score (nSPS) is 19.0. The molecule has 1 saturated heterocycles. The molecule has 0 radical (unpaired) electrons. The maximum Gasteiger partial charge on any atom is 0.321 e.